The SMILES string of the molecule is Nc1nc(N)c2nc(CCc3ccc(C(=O)ON4NNc5ccccc54)cc3)cnc2n1. The van der Waals surface area contributed by atoms with Crippen molar-refractivity contribution in [2.24, 2.45) is 0 Å². The summed E-state index contributed by atoms with van der Waals surface area (Å²) in [5.41, 5.74) is 21.8. The fourth-order valence-corrected chi connectivity index (χ4v) is 3.32. The topological polar surface area (TPSA) is 157 Å². The van der Waals surface area contributed by atoms with Gasteiger partial charge in [0.2, 0.25) is 5.95 Å². The molecule has 1 aliphatic heterocycles. The number of nitrogen functional groups attached to an aromatic ring is 2. The lowest BCUT2D eigenvalue weighted by Gasteiger charge is -2.16. The van der Waals surface area contributed by atoms with Gasteiger partial charge in [-0.1, -0.05) is 24.3 Å². The highest BCUT2D eigenvalue weighted by atomic mass is 16.7. The lowest BCUT2D eigenvalue weighted by Crippen LogP contribution is -2.37. The second-order valence-electron chi connectivity index (χ2n) is 7.12. The molecule has 0 aliphatic carbocycles. The Hall–Kier alpha value is -4.51. The van der Waals surface area contributed by atoms with Gasteiger partial charge < -0.3 is 16.3 Å². The molecular formula is C21H19N9O2. The minimum absolute atomic E-state index is 0.0663. The fourth-order valence-electron chi connectivity index (χ4n) is 3.32. The first-order chi connectivity index (χ1) is 15.6. The van der Waals surface area contributed by atoms with E-state index in [0.29, 0.717) is 29.6 Å². The van der Waals surface area contributed by atoms with Crippen LogP contribution in [0.2, 0.25) is 0 Å². The van der Waals surface area contributed by atoms with Gasteiger partial charge in [-0.05, 0) is 42.7 Å². The Morgan fingerprint density at radius 2 is 1.81 bits per heavy atom. The Morgan fingerprint density at radius 3 is 2.66 bits per heavy atom. The molecule has 2 aromatic heterocycles. The first kappa shape index (κ1) is 19.5. The number of nitrogens with one attached hydrogen (secondary N) is 2. The summed E-state index contributed by atoms with van der Waals surface area (Å²) in [5, 5.41) is 1.30. The van der Waals surface area contributed by atoms with Crippen molar-refractivity contribution < 1.29 is 9.63 Å². The zero-order valence-electron chi connectivity index (χ0n) is 16.8. The summed E-state index contributed by atoms with van der Waals surface area (Å²) in [7, 11) is 0. The number of aryl methyl sites for hydroxylation is 2. The molecule has 0 amide bonds. The van der Waals surface area contributed by atoms with Crippen LogP contribution in [0, 0.1) is 0 Å². The van der Waals surface area contributed by atoms with E-state index in [1.807, 2.05) is 36.4 Å². The summed E-state index contributed by atoms with van der Waals surface area (Å²) in [5.74, 6) is -0.204. The van der Waals surface area contributed by atoms with Crippen LogP contribution in [-0.4, -0.2) is 25.9 Å². The van der Waals surface area contributed by atoms with Crippen LogP contribution >= 0.6 is 0 Å². The summed E-state index contributed by atoms with van der Waals surface area (Å²) in [6.45, 7) is 0. The molecule has 0 radical (unpaired) electrons. The number of carbonyl (C=O) groups excluding carboxylic acids is 1. The minimum Gasteiger partial charge on any atom is -0.382 e. The van der Waals surface area contributed by atoms with Crippen molar-refractivity contribution in [1.29, 1.82) is 0 Å². The number of fused-ring (bicyclic) bond motifs is 2. The summed E-state index contributed by atoms with van der Waals surface area (Å²) in [6, 6.07) is 14.7. The van der Waals surface area contributed by atoms with E-state index in [9.17, 15) is 4.79 Å². The number of nitrogens with zero attached hydrogens (tertiary/aromatic N) is 5. The molecule has 0 bridgehead atoms. The van der Waals surface area contributed by atoms with Crippen LogP contribution < -0.4 is 27.6 Å². The van der Waals surface area contributed by atoms with Gasteiger partial charge in [-0.2, -0.15) is 9.97 Å². The maximum atomic E-state index is 12.5. The third-order valence-electron chi connectivity index (χ3n) is 4.95. The number of carbonyl (C=O) groups is 1. The molecular weight excluding hydrogens is 410 g/mol. The molecule has 11 heteroatoms. The van der Waals surface area contributed by atoms with Crippen LogP contribution in [0.3, 0.4) is 0 Å². The van der Waals surface area contributed by atoms with E-state index in [4.69, 9.17) is 16.3 Å². The van der Waals surface area contributed by atoms with Gasteiger partial charge in [-0.3, -0.25) is 5.43 Å². The molecule has 0 saturated carbocycles. The van der Waals surface area contributed by atoms with Gasteiger partial charge in [0.1, 0.15) is 5.69 Å². The maximum Gasteiger partial charge on any atom is 0.365 e. The first-order valence-corrected chi connectivity index (χ1v) is 9.83. The van der Waals surface area contributed by atoms with Crippen molar-refractivity contribution >= 4 is 40.3 Å². The van der Waals surface area contributed by atoms with Crippen LogP contribution in [0.25, 0.3) is 11.2 Å². The molecule has 32 heavy (non-hydrogen) atoms. The van der Waals surface area contributed by atoms with Crippen LogP contribution in [0.15, 0.2) is 54.7 Å². The molecule has 0 unspecified atom stereocenters. The third-order valence-corrected chi connectivity index (χ3v) is 4.95. The van der Waals surface area contributed by atoms with Crippen molar-refractivity contribution in [3.63, 3.8) is 0 Å². The molecule has 0 atom stereocenters. The van der Waals surface area contributed by atoms with Gasteiger partial charge in [0.05, 0.1) is 23.1 Å². The molecule has 4 aromatic rings. The fraction of sp³-hybridized carbons (Fsp3) is 0.0952. The number of anilines is 4. The van der Waals surface area contributed by atoms with Gasteiger partial charge in [-0.15, -0.1) is 10.7 Å². The van der Waals surface area contributed by atoms with Crippen LogP contribution in [-0.2, 0) is 17.7 Å². The molecule has 2 aromatic carbocycles. The van der Waals surface area contributed by atoms with Crippen LogP contribution in [0.1, 0.15) is 21.6 Å². The standard InChI is InChI=1S/C21H19N9O2/c22-18-17-19(27-21(23)26-18)24-11-14(25-17)10-7-12-5-8-13(9-6-12)20(31)32-30-16-4-2-1-3-15(16)28-29-30/h1-6,8-9,11,28-29H,7,10H2,(H4,22,23,24,26,27). The number of hydrazine groups is 2. The molecule has 0 saturated heterocycles. The van der Waals surface area contributed by atoms with E-state index in [2.05, 4.69) is 30.9 Å². The van der Waals surface area contributed by atoms with Gasteiger partial charge >= 0.3 is 5.97 Å². The highest BCUT2D eigenvalue weighted by Gasteiger charge is 2.22. The summed E-state index contributed by atoms with van der Waals surface area (Å²) >= 11 is 0. The lowest BCUT2D eigenvalue weighted by molar-refractivity contribution is 0.0414. The zero-order chi connectivity index (χ0) is 22.1. The van der Waals surface area contributed by atoms with Crippen molar-refractivity contribution in [1.82, 2.24) is 25.5 Å². The number of aromatic nitrogens is 4. The highest BCUT2D eigenvalue weighted by Crippen LogP contribution is 2.28. The largest absolute Gasteiger partial charge is 0.382 e. The summed E-state index contributed by atoms with van der Waals surface area (Å²) < 4.78 is 0. The lowest BCUT2D eigenvalue weighted by atomic mass is 10.1. The Morgan fingerprint density at radius 1 is 1.00 bits per heavy atom. The summed E-state index contributed by atoms with van der Waals surface area (Å²) in [4.78, 5) is 34.6. The second-order valence-corrected chi connectivity index (χ2v) is 7.12. The molecule has 0 spiro atoms. The van der Waals surface area contributed by atoms with E-state index >= 15 is 0 Å². The van der Waals surface area contributed by atoms with Gasteiger partial charge in [0.25, 0.3) is 0 Å². The normalized spacial score (nSPS) is 12.4. The minimum atomic E-state index is -0.474. The van der Waals surface area contributed by atoms with Crippen molar-refractivity contribution in [3.05, 3.63) is 71.5 Å². The molecule has 6 N–H and O–H groups in total. The predicted molar refractivity (Wildman–Crippen MR) is 119 cm³/mol. The number of nitrogens with two attached hydrogens (primary N) is 2. The Kier molecular flexibility index (Phi) is 4.84. The van der Waals surface area contributed by atoms with Gasteiger partial charge in [0, 0.05) is 0 Å². The van der Waals surface area contributed by atoms with Crippen LogP contribution in [0.4, 0.5) is 23.1 Å². The van der Waals surface area contributed by atoms with E-state index in [0.717, 1.165) is 22.6 Å². The molecule has 5 rings (SSSR count). The molecule has 3 heterocycles. The van der Waals surface area contributed by atoms with Crippen molar-refractivity contribution in [2.75, 3.05) is 22.1 Å². The maximum absolute atomic E-state index is 12.5. The smallest absolute Gasteiger partial charge is 0.365 e. The Bertz CT molecular complexity index is 1310. The first-order valence-electron chi connectivity index (χ1n) is 9.83. The van der Waals surface area contributed by atoms with E-state index < -0.39 is 5.97 Å². The third kappa shape index (κ3) is 3.79. The quantitative estimate of drug-likeness (QED) is 0.366. The zero-order valence-corrected chi connectivity index (χ0v) is 16.8. The van der Waals surface area contributed by atoms with Crippen LogP contribution in [0.5, 0.6) is 0 Å². The Balaban J connectivity index is 1.22. The number of hydrogen-bond donors (Lipinski definition) is 4. The number of para-hydroxylation sites is 2. The average Bonchev–Trinajstić information content (AvgIpc) is 3.21. The van der Waals surface area contributed by atoms with Gasteiger partial charge in [-0.25, -0.2) is 14.8 Å². The van der Waals surface area contributed by atoms with E-state index in [1.54, 1.807) is 18.3 Å². The molecule has 1 aliphatic rings. The number of rotatable bonds is 5. The molecule has 11 nitrogen and oxygen atoms in total. The van der Waals surface area contributed by atoms with Gasteiger partial charge in [0.15, 0.2) is 17.0 Å². The van der Waals surface area contributed by atoms with E-state index in [1.165, 1.54) is 5.17 Å². The monoisotopic (exact) mass is 429 g/mol. The second kappa shape index (κ2) is 7.96. The summed E-state index contributed by atoms with van der Waals surface area (Å²) in [6.07, 6.45) is 2.99. The highest BCUT2D eigenvalue weighted by molar-refractivity contribution is 5.90. The van der Waals surface area contributed by atoms with Crippen molar-refractivity contribution in [2.45, 2.75) is 12.8 Å². The Labute approximate surface area is 182 Å². The number of hydrogen-bond acceptors (Lipinski definition) is 11. The average molecular weight is 429 g/mol. The van der Waals surface area contributed by atoms with E-state index in [-0.39, 0.29) is 11.8 Å². The van der Waals surface area contributed by atoms with Crippen molar-refractivity contribution in [3.8, 4) is 0 Å². The predicted octanol–water partition coefficient (Wildman–Crippen LogP) is 1.79. The molecule has 160 valence electrons. The molecule has 0 fully saturated rings. The number of benzene rings is 2.